The molecule has 0 aliphatic rings. The molecule has 0 aromatic heterocycles. The number of nitrogens with zero attached hydrogens (tertiary/aromatic N) is 4. The first-order valence-electron chi connectivity index (χ1n) is 10.1. The molecular formula is C20H38N4O2. The number of rotatable bonds is 19. The Kier molecular flexibility index (Phi) is 19.2. The molecule has 26 heavy (non-hydrogen) atoms. The molecule has 0 radical (unpaired) electrons. The molecule has 0 amide bonds. The first-order valence-corrected chi connectivity index (χ1v) is 10.1. The average Bonchev–Trinajstić information content (AvgIpc) is 2.66. The van der Waals surface area contributed by atoms with Gasteiger partial charge in [0.05, 0.1) is 38.6 Å². The van der Waals surface area contributed by atoms with Gasteiger partial charge in [-0.1, -0.05) is 26.7 Å². The zero-order chi connectivity index (χ0) is 19.3. The molecule has 6 heteroatoms. The van der Waals surface area contributed by atoms with E-state index in [9.17, 15) is 0 Å². The topological polar surface area (TPSA) is 72.5 Å². The Morgan fingerprint density at radius 2 is 1.04 bits per heavy atom. The van der Waals surface area contributed by atoms with Crippen LogP contribution < -0.4 is 0 Å². The molecule has 0 N–H and O–H groups in total. The predicted molar refractivity (Wildman–Crippen MR) is 105 cm³/mol. The summed E-state index contributed by atoms with van der Waals surface area (Å²) in [5, 5.41) is 17.4. The first-order chi connectivity index (χ1) is 12.8. The molecule has 0 unspecified atom stereocenters. The second-order valence-corrected chi connectivity index (χ2v) is 6.43. The molecule has 0 heterocycles. The third kappa shape index (κ3) is 16.3. The number of nitriles is 2. The van der Waals surface area contributed by atoms with Crippen molar-refractivity contribution in [3.05, 3.63) is 0 Å². The van der Waals surface area contributed by atoms with E-state index in [-0.39, 0.29) is 0 Å². The van der Waals surface area contributed by atoms with Crippen LogP contribution in [0.3, 0.4) is 0 Å². The monoisotopic (exact) mass is 366 g/mol. The van der Waals surface area contributed by atoms with Crippen molar-refractivity contribution in [2.24, 2.45) is 0 Å². The van der Waals surface area contributed by atoms with Crippen LogP contribution in [0.1, 0.15) is 52.4 Å². The molecule has 0 aromatic carbocycles. The number of ether oxygens (including phenoxy) is 2. The third-order valence-corrected chi connectivity index (χ3v) is 4.21. The number of hydrogen-bond donors (Lipinski definition) is 0. The Morgan fingerprint density at radius 3 is 1.38 bits per heavy atom. The van der Waals surface area contributed by atoms with E-state index in [1.165, 1.54) is 12.8 Å². The highest BCUT2D eigenvalue weighted by atomic mass is 16.5. The lowest BCUT2D eigenvalue weighted by atomic mass is 10.3. The van der Waals surface area contributed by atoms with Crippen LogP contribution >= 0.6 is 0 Å². The van der Waals surface area contributed by atoms with Crippen molar-refractivity contribution < 1.29 is 9.47 Å². The minimum absolute atomic E-state index is 0.577. The fourth-order valence-corrected chi connectivity index (χ4v) is 2.56. The van der Waals surface area contributed by atoms with E-state index >= 15 is 0 Å². The van der Waals surface area contributed by atoms with Crippen molar-refractivity contribution in [3.63, 3.8) is 0 Å². The van der Waals surface area contributed by atoms with E-state index in [1.54, 1.807) is 0 Å². The van der Waals surface area contributed by atoms with Crippen molar-refractivity contribution in [1.82, 2.24) is 9.80 Å². The summed E-state index contributed by atoms with van der Waals surface area (Å²) in [7, 11) is 0. The summed E-state index contributed by atoms with van der Waals surface area (Å²) in [4.78, 5) is 4.60. The molecule has 0 fully saturated rings. The largest absolute Gasteiger partial charge is 0.378 e. The highest BCUT2D eigenvalue weighted by Gasteiger charge is 2.05. The summed E-state index contributed by atoms with van der Waals surface area (Å²) in [5.41, 5.74) is 0. The van der Waals surface area contributed by atoms with Crippen LogP contribution in [0.15, 0.2) is 0 Å². The van der Waals surface area contributed by atoms with Crippen molar-refractivity contribution in [2.45, 2.75) is 52.4 Å². The van der Waals surface area contributed by atoms with Gasteiger partial charge in [0.2, 0.25) is 0 Å². The van der Waals surface area contributed by atoms with Gasteiger partial charge in [0.1, 0.15) is 0 Å². The lowest BCUT2D eigenvalue weighted by molar-refractivity contribution is 0.0312. The predicted octanol–water partition coefficient (Wildman–Crippen LogP) is 3.05. The molecule has 0 bridgehead atoms. The second-order valence-electron chi connectivity index (χ2n) is 6.43. The van der Waals surface area contributed by atoms with Gasteiger partial charge in [-0.05, 0) is 25.9 Å². The van der Waals surface area contributed by atoms with Gasteiger partial charge in [-0.25, -0.2) is 0 Å². The minimum Gasteiger partial charge on any atom is -0.378 e. The van der Waals surface area contributed by atoms with Crippen molar-refractivity contribution >= 4 is 0 Å². The van der Waals surface area contributed by atoms with Crippen LogP contribution in [0.25, 0.3) is 0 Å². The Morgan fingerprint density at radius 1 is 0.615 bits per heavy atom. The van der Waals surface area contributed by atoms with Gasteiger partial charge in [-0.2, -0.15) is 10.5 Å². The lowest BCUT2D eigenvalue weighted by Gasteiger charge is -2.21. The van der Waals surface area contributed by atoms with Crippen LogP contribution in [0, 0.1) is 22.7 Å². The Bertz CT molecular complexity index is 343. The fourth-order valence-electron chi connectivity index (χ4n) is 2.56. The molecule has 6 nitrogen and oxygen atoms in total. The van der Waals surface area contributed by atoms with Crippen LogP contribution in [-0.4, -0.2) is 75.5 Å². The van der Waals surface area contributed by atoms with Crippen LogP contribution in [0.2, 0.25) is 0 Å². The summed E-state index contributed by atoms with van der Waals surface area (Å²) >= 11 is 0. The van der Waals surface area contributed by atoms with E-state index in [0.717, 1.165) is 52.1 Å². The van der Waals surface area contributed by atoms with Gasteiger partial charge in [-0.3, -0.25) is 0 Å². The first kappa shape index (κ1) is 24.8. The summed E-state index contributed by atoms with van der Waals surface area (Å²) in [6, 6.07) is 4.42. The average molecular weight is 367 g/mol. The van der Waals surface area contributed by atoms with E-state index in [2.05, 4.69) is 35.8 Å². The molecule has 0 saturated carbocycles. The number of unbranched alkanes of at least 4 members (excludes halogenated alkanes) is 2. The maximum absolute atomic E-state index is 8.72. The Hall–Kier alpha value is -1.18. The van der Waals surface area contributed by atoms with Crippen molar-refractivity contribution in [2.75, 3.05) is 65.7 Å². The maximum atomic E-state index is 8.72. The van der Waals surface area contributed by atoms with Gasteiger partial charge in [0.15, 0.2) is 0 Å². The quantitative estimate of drug-likeness (QED) is 0.327. The summed E-state index contributed by atoms with van der Waals surface area (Å²) < 4.78 is 11.3. The van der Waals surface area contributed by atoms with Crippen LogP contribution in [0.4, 0.5) is 0 Å². The zero-order valence-corrected chi connectivity index (χ0v) is 16.9. The third-order valence-electron chi connectivity index (χ3n) is 4.21. The Labute approximate surface area is 160 Å². The van der Waals surface area contributed by atoms with E-state index in [4.69, 9.17) is 20.0 Å². The lowest BCUT2D eigenvalue weighted by Crippen LogP contribution is -2.30. The normalized spacial score (nSPS) is 11.0. The maximum Gasteiger partial charge on any atom is 0.0701 e. The van der Waals surface area contributed by atoms with Gasteiger partial charge >= 0.3 is 0 Å². The molecule has 150 valence electrons. The smallest absolute Gasteiger partial charge is 0.0701 e. The van der Waals surface area contributed by atoms with Crippen molar-refractivity contribution in [1.29, 1.82) is 10.5 Å². The molecule has 0 atom stereocenters. The van der Waals surface area contributed by atoms with Gasteiger partial charge in [-0.15, -0.1) is 0 Å². The van der Waals surface area contributed by atoms with Gasteiger partial charge < -0.3 is 19.3 Å². The van der Waals surface area contributed by atoms with E-state index in [1.807, 2.05) is 0 Å². The van der Waals surface area contributed by atoms with Crippen LogP contribution in [0.5, 0.6) is 0 Å². The van der Waals surface area contributed by atoms with Crippen molar-refractivity contribution in [3.8, 4) is 12.1 Å². The molecule has 0 rings (SSSR count). The van der Waals surface area contributed by atoms with Gasteiger partial charge in [0.25, 0.3) is 0 Å². The second kappa shape index (κ2) is 20.1. The number of hydrogen-bond acceptors (Lipinski definition) is 6. The molecule has 0 aromatic rings. The summed E-state index contributed by atoms with van der Waals surface area (Å²) in [6.45, 7) is 12.4. The highest BCUT2D eigenvalue weighted by molar-refractivity contribution is 4.73. The standard InChI is InChI=1S/C20H38N4O2/c1-3-5-11-23(13-7-9-21)15-17-25-19-20-26-18-16-24(12-6-4-2)14-8-10-22/h3-8,11-20H2,1-2H3. The summed E-state index contributed by atoms with van der Waals surface area (Å²) in [6.07, 6.45) is 5.81. The molecule has 0 aliphatic heterocycles. The summed E-state index contributed by atoms with van der Waals surface area (Å²) in [5.74, 6) is 0. The van der Waals surface area contributed by atoms with E-state index in [0.29, 0.717) is 39.3 Å². The molecule has 0 aliphatic carbocycles. The minimum atomic E-state index is 0.577. The zero-order valence-electron chi connectivity index (χ0n) is 16.9. The Balaban J connectivity index is 3.67. The molecule has 0 spiro atoms. The van der Waals surface area contributed by atoms with Gasteiger partial charge in [0, 0.05) is 39.0 Å². The van der Waals surface area contributed by atoms with Crippen LogP contribution in [-0.2, 0) is 9.47 Å². The highest BCUT2D eigenvalue weighted by Crippen LogP contribution is 1.98. The molecule has 0 saturated heterocycles. The van der Waals surface area contributed by atoms with E-state index < -0.39 is 0 Å². The SMILES string of the molecule is CCCCN(CCC#N)CCOCCOCCN(CCC#N)CCCC. The fraction of sp³-hybridized carbons (Fsp3) is 0.900. The molecular weight excluding hydrogens is 328 g/mol.